The maximum atomic E-state index is 15.1. The molecule has 1 aliphatic heterocycles. The molecule has 0 saturated carbocycles. The minimum absolute atomic E-state index is 0.352. The number of hydrogen-bond donors (Lipinski definition) is 1. The lowest BCUT2D eigenvalue weighted by molar-refractivity contribution is -0.139. The SMILES string of the molecule is CCCCCCCOC(=O)C1=C(C)Nc2nc3ccccc3n2[C@H]1c1cc(Br)ccc1F. The quantitative estimate of drug-likeness (QED) is 0.275. The van der Waals surface area contributed by atoms with Crippen molar-refractivity contribution >= 4 is 38.9 Å². The number of esters is 1. The van der Waals surface area contributed by atoms with Gasteiger partial charge in [-0.15, -0.1) is 0 Å². The molecular formula is C25H27BrFN3O2. The largest absolute Gasteiger partial charge is 0.462 e. The number of hydrogen-bond acceptors (Lipinski definition) is 4. The number of nitrogens with one attached hydrogen (secondary N) is 1. The summed E-state index contributed by atoms with van der Waals surface area (Å²) < 4.78 is 23.4. The van der Waals surface area contributed by atoms with Crippen molar-refractivity contribution in [3.05, 3.63) is 69.6 Å². The second-order valence-electron chi connectivity index (χ2n) is 8.08. The molecule has 4 rings (SSSR count). The van der Waals surface area contributed by atoms with Crippen LogP contribution < -0.4 is 5.32 Å². The van der Waals surface area contributed by atoms with E-state index < -0.39 is 12.0 Å². The first kappa shape index (κ1) is 22.5. The fraction of sp³-hybridized carbons (Fsp3) is 0.360. The molecule has 3 aromatic rings. The van der Waals surface area contributed by atoms with Gasteiger partial charge in [0.15, 0.2) is 0 Å². The molecule has 7 heteroatoms. The Hall–Kier alpha value is -2.67. The van der Waals surface area contributed by atoms with Crippen LogP contribution in [0.2, 0.25) is 0 Å². The molecule has 0 saturated heterocycles. The number of nitrogens with zero attached hydrogens (tertiary/aromatic N) is 2. The second-order valence-corrected chi connectivity index (χ2v) is 8.99. The van der Waals surface area contributed by atoms with Crippen molar-refractivity contribution in [1.29, 1.82) is 0 Å². The topological polar surface area (TPSA) is 56.1 Å². The van der Waals surface area contributed by atoms with Gasteiger partial charge in [0.2, 0.25) is 5.95 Å². The summed E-state index contributed by atoms with van der Waals surface area (Å²) in [6.45, 7) is 4.33. The fourth-order valence-electron chi connectivity index (χ4n) is 4.19. The molecule has 2 heterocycles. The molecule has 0 unspecified atom stereocenters. The summed E-state index contributed by atoms with van der Waals surface area (Å²) in [6, 6.07) is 11.7. The molecule has 2 aromatic carbocycles. The lowest BCUT2D eigenvalue weighted by Crippen LogP contribution is -2.29. The Bertz CT molecular complexity index is 1170. The average molecular weight is 500 g/mol. The van der Waals surface area contributed by atoms with Gasteiger partial charge in [0.05, 0.1) is 29.3 Å². The first-order valence-corrected chi connectivity index (χ1v) is 11.9. The predicted octanol–water partition coefficient (Wildman–Crippen LogP) is 6.74. The predicted molar refractivity (Wildman–Crippen MR) is 128 cm³/mol. The zero-order chi connectivity index (χ0) is 22.7. The third-order valence-electron chi connectivity index (χ3n) is 5.78. The Balaban J connectivity index is 1.72. The maximum Gasteiger partial charge on any atom is 0.338 e. The monoisotopic (exact) mass is 499 g/mol. The van der Waals surface area contributed by atoms with Crippen molar-refractivity contribution in [2.24, 2.45) is 0 Å². The molecule has 1 atom stereocenters. The number of benzene rings is 2. The van der Waals surface area contributed by atoms with E-state index in [1.165, 1.54) is 18.9 Å². The molecule has 1 aromatic heterocycles. The van der Waals surface area contributed by atoms with E-state index in [4.69, 9.17) is 4.74 Å². The lowest BCUT2D eigenvalue weighted by Gasteiger charge is -2.30. The molecule has 1 aliphatic rings. The number of allylic oxidation sites excluding steroid dienone is 1. The molecule has 0 aliphatic carbocycles. The summed E-state index contributed by atoms with van der Waals surface area (Å²) in [4.78, 5) is 17.9. The lowest BCUT2D eigenvalue weighted by atomic mass is 9.94. The highest BCUT2D eigenvalue weighted by Gasteiger charge is 2.36. The normalized spacial score (nSPS) is 15.6. The summed E-state index contributed by atoms with van der Waals surface area (Å²) in [6.07, 6.45) is 5.33. The van der Waals surface area contributed by atoms with Crippen LogP contribution in [0.25, 0.3) is 11.0 Å². The second kappa shape index (κ2) is 9.86. The number of halogens is 2. The Kier molecular flexibility index (Phi) is 6.94. The van der Waals surface area contributed by atoms with Gasteiger partial charge in [-0.1, -0.05) is 60.7 Å². The number of ether oxygens (including phenoxy) is 1. The smallest absolute Gasteiger partial charge is 0.338 e. The van der Waals surface area contributed by atoms with Crippen LogP contribution in [-0.4, -0.2) is 22.1 Å². The van der Waals surface area contributed by atoms with Crippen LogP contribution in [0.3, 0.4) is 0 Å². The van der Waals surface area contributed by atoms with E-state index in [2.05, 4.69) is 33.2 Å². The molecule has 1 N–H and O–H groups in total. The van der Waals surface area contributed by atoms with Gasteiger partial charge in [0, 0.05) is 15.7 Å². The minimum atomic E-state index is -0.691. The van der Waals surface area contributed by atoms with Crippen molar-refractivity contribution in [2.45, 2.75) is 52.0 Å². The van der Waals surface area contributed by atoms with Gasteiger partial charge >= 0.3 is 5.97 Å². The standard InChI is InChI=1S/C25H27BrFN3O2/c1-3-4-5-6-9-14-32-24(31)22-16(2)28-25-29-20-10-7-8-11-21(20)30(25)23(22)18-15-17(26)12-13-19(18)27/h7-8,10-13,15,23H,3-6,9,14H2,1-2H3,(H,28,29)/t23-/m0/s1. The number of imidazole rings is 1. The Labute approximate surface area is 195 Å². The van der Waals surface area contributed by atoms with Gasteiger partial charge in [-0.3, -0.25) is 4.57 Å². The summed E-state index contributed by atoms with van der Waals surface area (Å²) in [5.41, 5.74) is 2.99. The zero-order valence-electron chi connectivity index (χ0n) is 18.3. The van der Waals surface area contributed by atoms with Crippen molar-refractivity contribution in [3.8, 4) is 0 Å². The van der Waals surface area contributed by atoms with Gasteiger partial charge in [0.1, 0.15) is 5.82 Å². The number of carbonyl (C=O) groups is 1. The Morgan fingerprint density at radius 1 is 1.19 bits per heavy atom. The number of fused-ring (bicyclic) bond motifs is 3. The number of unbranched alkanes of at least 4 members (excludes halogenated alkanes) is 4. The van der Waals surface area contributed by atoms with Crippen molar-refractivity contribution in [1.82, 2.24) is 9.55 Å². The van der Waals surface area contributed by atoms with Crippen LogP contribution in [-0.2, 0) is 9.53 Å². The third-order valence-corrected chi connectivity index (χ3v) is 6.28. The first-order chi connectivity index (χ1) is 15.5. The van der Waals surface area contributed by atoms with E-state index in [9.17, 15) is 4.79 Å². The molecule has 168 valence electrons. The number of carbonyl (C=O) groups excluding carboxylic acids is 1. The number of rotatable bonds is 8. The van der Waals surface area contributed by atoms with Crippen molar-refractivity contribution in [3.63, 3.8) is 0 Å². The summed E-state index contributed by atoms with van der Waals surface area (Å²) >= 11 is 3.45. The highest BCUT2D eigenvalue weighted by Crippen LogP contribution is 2.41. The molecule has 32 heavy (non-hydrogen) atoms. The van der Waals surface area contributed by atoms with Crippen LogP contribution in [0.4, 0.5) is 10.3 Å². The fourth-order valence-corrected chi connectivity index (χ4v) is 4.57. The van der Waals surface area contributed by atoms with E-state index in [0.717, 1.165) is 34.8 Å². The highest BCUT2D eigenvalue weighted by molar-refractivity contribution is 9.10. The first-order valence-electron chi connectivity index (χ1n) is 11.1. The van der Waals surface area contributed by atoms with Crippen molar-refractivity contribution in [2.75, 3.05) is 11.9 Å². The molecule has 0 bridgehead atoms. The van der Waals surface area contributed by atoms with E-state index in [0.29, 0.717) is 29.4 Å². The van der Waals surface area contributed by atoms with E-state index in [-0.39, 0.29) is 5.82 Å². The molecule has 0 fully saturated rings. The number of aromatic nitrogens is 2. The van der Waals surface area contributed by atoms with Crippen LogP contribution in [0.15, 0.2) is 58.2 Å². The average Bonchev–Trinajstić information content (AvgIpc) is 3.14. The number of anilines is 1. The van der Waals surface area contributed by atoms with E-state index in [1.54, 1.807) is 12.1 Å². The third kappa shape index (κ3) is 4.44. The van der Waals surface area contributed by atoms with Crippen LogP contribution in [0.1, 0.15) is 57.6 Å². The van der Waals surface area contributed by atoms with Crippen LogP contribution in [0.5, 0.6) is 0 Å². The molecule has 5 nitrogen and oxygen atoms in total. The van der Waals surface area contributed by atoms with Crippen LogP contribution in [0, 0.1) is 5.82 Å². The van der Waals surface area contributed by atoms with Gasteiger partial charge in [-0.25, -0.2) is 14.2 Å². The van der Waals surface area contributed by atoms with Crippen LogP contribution >= 0.6 is 15.9 Å². The summed E-state index contributed by atoms with van der Waals surface area (Å²) in [5, 5.41) is 3.23. The molecule has 0 radical (unpaired) electrons. The van der Waals surface area contributed by atoms with E-state index >= 15 is 4.39 Å². The Morgan fingerprint density at radius 2 is 1.97 bits per heavy atom. The maximum absolute atomic E-state index is 15.1. The van der Waals surface area contributed by atoms with E-state index in [1.807, 2.05) is 35.8 Å². The highest BCUT2D eigenvalue weighted by atomic mass is 79.9. The Morgan fingerprint density at radius 3 is 2.78 bits per heavy atom. The van der Waals surface area contributed by atoms with Gasteiger partial charge in [0.25, 0.3) is 0 Å². The minimum Gasteiger partial charge on any atom is -0.462 e. The summed E-state index contributed by atoms with van der Waals surface area (Å²) in [5.74, 6) is -0.246. The van der Waals surface area contributed by atoms with Gasteiger partial charge < -0.3 is 10.1 Å². The molecule has 0 amide bonds. The number of para-hydroxylation sites is 2. The zero-order valence-corrected chi connectivity index (χ0v) is 19.9. The van der Waals surface area contributed by atoms with Crippen molar-refractivity contribution < 1.29 is 13.9 Å². The van der Waals surface area contributed by atoms with Gasteiger partial charge in [-0.05, 0) is 43.7 Å². The molecular weight excluding hydrogens is 473 g/mol. The summed E-state index contributed by atoms with van der Waals surface area (Å²) in [7, 11) is 0. The van der Waals surface area contributed by atoms with Gasteiger partial charge in [-0.2, -0.15) is 0 Å². The molecule has 0 spiro atoms.